The average molecular weight is 328 g/mol. The van der Waals surface area contributed by atoms with Gasteiger partial charge in [-0.15, -0.1) is 23.1 Å². The number of thiophene rings is 1. The van der Waals surface area contributed by atoms with Crippen molar-refractivity contribution in [1.29, 1.82) is 0 Å². The quantitative estimate of drug-likeness (QED) is 0.801. The summed E-state index contributed by atoms with van der Waals surface area (Å²) in [5, 5.41) is 3.00. The minimum Gasteiger partial charge on any atom is -0.315 e. The van der Waals surface area contributed by atoms with Crippen LogP contribution < -0.4 is 10.0 Å². The normalized spacial score (nSPS) is 11.5. The fraction of sp³-hybridized carbons (Fsp3) is 0.231. The van der Waals surface area contributed by atoms with Crippen LogP contribution >= 0.6 is 23.1 Å². The molecule has 20 heavy (non-hydrogen) atoms. The highest BCUT2D eigenvalue weighted by atomic mass is 32.2. The van der Waals surface area contributed by atoms with Crippen molar-refractivity contribution in [2.24, 2.45) is 0 Å². The molecule has 1 aromatic carbocycles. The van der Waals surface area contributed by atoms with Crippen LogP contribution in [0.5, 0.6) is 0 Å². The minimum absolute atomic E-state index is 0.330. The van der Waals surface area contributed by atoms with E-state index in [-0.39, 0.29) is 0 Å². The topological polar surface area (TPSA) is 58.2 Å². The van der Waals surface area contributed by atoms with E-state index in [9.17, 15) is 8.42 Å². The van der Waals surface area contributed by atoms with Crippen molar-refractivity contribution in [2.45, 2.75) is 15.6 Å². The molecule has 0 radical (unpaired) electrons. The van der Waals surface area contributed by atoms with Gasteiger partial charge in [0.05, 0.1) is 0 Å². The maximum Gasteiger partial charge on any atom is 0.271 e. The number of nitrogens with one attached hydrogen (secondary N) is 2. The van der Waals surface area contributed by atoms with Crippen LogP contribution in [-0.2, 0) is 16.6 Å². The first-order valence-corrected chi connectivity index (χ1v) is 9.48. The van der Waals surface area contributed by atoms with E-state index in [1.165, 1.54) is 11.3 Å². The second kappa shape index (κ2) is 6.62. The lowest BCUT2D eigenvalue weighted by Gasteiger charge is -2.06. The SMILES string of the molecule is CNCc1ccc(S(=O)(=O)Nc2ccc(SC)cc2)s1. The summed E-state index contributed by atoms with van der Waals surface area (Å²) in [6.45, 7) is 0.669. The molecule has 108 valence electrons. The lowest BCUT2D eigenvalue weighted by atomic mass is 10.3. The third-order valence-corrected chi connectivity index (χ3v) is 6.30. The molecule has 0 spiro atoms. The van der Waals surface area contributed by atoms with Crippen LogP contribution in [0.25, 0.3) is 0 Å². The molecule has 1 aromatic heterocycles. The standard InChI is InChI=1S/C13H16N2O2S3/c1-14-9-12-7-8-13(19-12)20(16,17)15-10-3-5-11(18-2)6-4-10/h3-8,14-15H,9H2,1-2H3. The molecule has 0 aliphatic rings. The summed E-state index contributed by atoms with van der Waals surface area (Å²) < 4.78 is 27.4. The van der Waals surface area contributed by atoms with Crippen LogP contribution in [0.1, 0.15) is 4.88 Å². The average Bonchev–Trinajstić information content (AvgIpc) is 2.89. The van der Waals surface area contributed by atoms with Gasteiger partial charge in [-0.2, -0.15) is 0 Å². The molecule has 0 aliphatic heterocycles. The molecule has 0 atom stereocenters. The Balaban J connectivity index is 2.16. The highest BCUT2D eigenvalue weighted by molar-refractivity contribution is 7.98. The molecule has 7 heteroatoms. The third-order valence-electron chi connectivity index (χ3n) is 2.60. The molecule has 0 saturated carbocycles. The lowest BCUT2D eigenvalue weighted by molar-refractivity contribution is 0.603. The molecule has 0 aliphatic carbocycles. The van der Waals surface area contributed by atoms with E-state index in [1.807, 2.05) is 31.5 Å². The molecule has 0 amide bonds. The predicted molar refractivity (Wildman–Crippen MR) is 86.1 cm³/mol. The maximum atomic E-state index is 12.2. The van der Waals surface area contributed by atoms with Crippen molar-refractivity contribution in [1.82, 2.24) is 5.32 Å². The largest absolute Gasteiger partial charge is 0.315 e. The van der Waals surface area contributed by atoms with Crippen molar-refractivity contribution >= 4 is 38.8 Å². The van der Waals surface area contributed by atoms with Gasteiger partial charge >= 0.3 is 0 Å². The fourth-order valence-corrected chi connectivity index (χ4v) is 4.47. The van der Waals surface area contributed by atoms with E-state index in [4.69, 9.17) is 0 Å². The van der Waals surface area contributed by atoms with E-state index >= 15 is 0 Å². The molecular weight excluding hydrogens is 312 g/mol. The van der Waals surface area contributed by atoms with Crippen molar-refractivity contribution in [3.05, 3.63) is 41.3 Å². The number of hydrogen-bond acceptors (Lipinski definition) is 5. The third kappa shape index (κ3) is 3.76. The van der Waals surface area contributed by atoms with E-state index in [1.54, 1.807) is 30.0 Å². The van der Waals surface area contributed by atoms with Gasteiger partial charge in [-0.25, -0.2) is 8.42 Å². The van der Waals surface area contributed by atoms with Crippen LogP contribution in [-0.4, -0.2) is 21.7 Å². The van der Waals surface area contributed by atoms with E-state index < -0.39 is 10.0 Å². The monoisotopic (exact) mass is 328 g/mol. The highest BCUT2D eigenvalue weighted by Crippen LogP contribution is 2.25. The van der Waals surface area contributed by atoms with Gasteiger partial charge in [0, 0.05) is 22.0 Å². The Hall–Kier alpha value is -1.02. The van der Waals surface area contributed by atoms with Gasteiger partial charge in [0.25, 0.3) is 10.0 Å². The van der Waals surface area contributed by atoms with Crippen molar-refractivity contribution in [3.63, 3.8) is 0 Å². The van der Waals surface area contributed by atoms with Crippen LogP contribution in [0, 0.1) is 0 Å². The van der Waals surface area contributed by atoms with Crippen LogP contribution in [0.3, 0.4) is 0 Å². The molecule has 0 saturated heterocycles. The molecular formula is C13H16N2O2S3. The van der Waals surface area contributed by atoms with Crippen molar-refractivity contribution in [2.75, 3.05) is 18.0 Å². The summed E-state index contributed by atoms with van der Waals surface area (Å²) in [5.74, 6) is 0. The molecule has 0 fully saturated rings. The molecule has 2 N–H and O–H groups in total. The molecule has 4 nitrogen and oxygen atoms in total. The summed E-state index contributed by atoms with van der Waals surface area (Å²) in [4.78, 5) is 2.09. The van der Waals surface area contributed by atoms with Crippen molar-refractivity contribution < 1.29 is 8.42 Å². The van der Waals surface area contributed by atoms with Gasteiger partial charge in [0.15, 0.2) is 0 Å². The number of benzene rings is 1. The number of sulfonamides is 1. The summed E-state index contributed by atoms with van der Waals surface area (Å²) in [5.41, 5.74) is 0.575. The highest BCUT2D eigenvalue weighted by Gasteiger charge is 2.16. The first-order valence-electron chi connectivity index (χ1n) is 5.95. The second-order valence-corrected chi connectivity index (χ2v) is 8.04. The van der Waals surface area contributed by atoms with Crippen LogP contribution in [0.15, 0.2) is 45.5 Å². The summed E-state index contributed by atoms with van der Waals surface area (Å²) >= 11 is 2.89. The van der Waals surface area contributed by atoms with Crippen LogP contribution in [0.4, 0.5) is 5.69 Å². The lowest BCUT2D eigenvalue weighted by Crippen LogP contribution is -2.11. The van der Waals surface area contributed by atoms with Gasteiger partial charge in [0.2, 0.25) is 0 Å². The Morgan fingerprint density at radius 3 is 2.45 bits per heavy atom. The zero-order chi connectivity index (χ0) is 14.6. The Morgan fingerprint density at radius 2 is 1.85 bits per heavy atom. The minimum atomic E-state index is -3.50. The van der Waals surface area contributed by atoms with Gasteiger partial charge in [0.1, 0.15) is 4.21 Å². The summed E-state index contributed by atoms with van der Waals surface area (Å²) in [7, 11) is -1.66. The van der Waals surface area contributed by atoms with Gasteiger partial charge in [-0.1, -0.05) is 0 Å². The Bertz CT molecular complexity index is 663. The number of hydrogen-bond donors (Lipinski definition) is 2. The molecule has 1 heterocycles. The van der Waals surface area contributed by atoms with Crippen molar-refractivity contribution in [3.8, 4) is 0 Å². The molecule has 0 bridgehead atoms. The molecule has 2 rings (SSSR count). The smallest absolute Gasteiger partial charge is 0.271 e. The van der Waals surface area contributed by atoms with Gasteiger partial charge < -0.3 is 5.32 Å². The number of rotatable bonds is 6. The van der Waals surface area contributed by atoms with Gasteiger partial charge in [-0.05, 0) is 49.7 Å². The first-order chi connectivity index (χ1) is 9.55. The fourth-order valence-electron chi connectivity index (χ4n) is 1.64. The van der Waals surface area contributed by atoms with E-state index in [2.05, 4.69) is 10.0 Å². The number of thioether (sulfide) groups is 1. The van der Waals surface area contributed by atoms with Crippen LogP contribution in [0.2, 0.25) is 0 Å². The Kier molecular flexibility index (Phi) is 5.09. The second-order valence-electron chi connectivity index (χ2n) is 4.09. The molecule has 0 unspecified atom stereocenters. The number of anilines is 1. The zero-order valence-corrected chi connectivity index (χ0v) is 13.7. The maximum absolute atomic E-state index is 12.2. The Morgan fingerprint density at radius 1 is 1.15 bits per heavy atom. The Labute approximate surface area is 127 Å². The van der Waals surface area contributed by atoms with Gasteiger partial charge in [-0.3, -0.25) is 4.72 Å². The summed E-state index contributed by atoms with van der Waals surface area (Å²) in [6.07, 6.45) is 1.98. The first kappa shape index (κ1) is 15.4. The summed E-state index contributed by atoms with van der Waals surface area (Å²) in [6, 6.07) is 10.8. The molecule has 2 aromatic rings. The van der Waals surface area contributed by atoms with E-state index in [0.29, 0.717) is 16.4 Å². The predicted octanol–water partition coefficient (Wildman–Crippen LogP) is 2.99. The van der Waals surface area contributed by atoms with E-state index in [0.717, 1.165) is 9.77 Å². The zero-order valence-electron chi connectivity index (χ0n) is 11.2.